The lowest BCUT2D eigenvalue weighted by atomic mass is 10.1. The van der Waals surface area contributed by atoms with Crippen LogP contribution in [0.15, 0.2) is 55.2 Å². The van der Waals surface area contributed by atoms with Crippen molar-refractivity contribution in [2.75, 3.05) is 13.1 Å². The summed E-state index contributed by atoms with van der Waals surface area (Å²) < 4.78 is 0. The highest BCUT2D eigenvalue weighted by molar-refractivity contribution is 7.15. The van der Waals surface area contributed by atoms with Crippen molar-refractivity contribution in [1.29, 1.82) is 0 Å². The standard InChI is InChI=1S/C27H24N8S/c1-16-4-5-24(36-16)20-12-29-13-23-25(20)32-27(31-23)26-19-9-21(30-14-22(19)33-34-26)18-8-17(10-28-11-18)15-35-6-2-3-7-35/h4-5,8-14H,2-3,6-7,15H2,1H3,(H,31,32)(H,33,34). The molecule has 8 nitrogen and oxygen atoms in total. The molecule has 2 N–H and O–H groups in total. The van der Waals surface area contributed by atoms with Gasteiger partial charge in [0.05, 0.1) is 29.1 Å². The molecule has 0 bridgehead atoms. The van der Waals surface area contributed by atoms with Gasteiger partial charge in [-0.15, -0.1) is 11.3 Å². The van der Waals surface area contributed by atoms with Gasteiger partial charge in [0.25, 0.3) is 0 Å². The van der Waals surface area contributed by atoms with Crippen LogP contribution in [0.4, 0.5) is 0 Å². The van der Waals surface area contributed by atoms with E-state index in [9.17, 15) is 0 Å². The van der Waals surface area contributed by atoms with E-state index in [0.717, 1.165) is 69.0 Å². The highest BCUT2D eigenvalue weighted by atomic mass is 32.1. The van der Waals surface area contributed by atoms with Crippen LogP contribution >= 0.6 is 11.3 Å². The van der Waals surface area contributed by atoms with Crippen LogP contribution in [0.3, 0.4) is 0 Å². The van der Waals surface area contributed by atoms with Crippen molar-refractivity contribution in [3.05, 3.63) is 65.7 Å². The van der Waals surface area contributed by atoms with Crippen molar-refractivity contribution in [2.24, 2.45) is 0 Å². The van der Waals surface area contributed by atoms with Gasteiger partial charge < -0.3 is 4.98 Å². The number of hydrogen-bond donors (Lipinski definition) is 2. The fourth-order valence-electron chi connectivity index (χ4n) is 4.97. The SMILES string of the molecule is Cc1ccc(-c2cncc3[nH]c(-c4n[nH]c5cnc(-c6cncc(CN7CCCC7)c6)cc45)nc23)s1. The number of hydrogen-bond acceptors (Lipinski definition) is 7. The number of fused-ring (bicyclic) bond motifs is 2. The fourth-order valence-corrected chi connectivity index (χ4v) is 5.85. The molecule has 1 aliphatic rings. The fraction of sp³-hybridized carbons (Fsp3) is 0.222. The summed E-state index contributed by atoms with van der Waals surface area (Å²) in [6, 6.07) is 8.51. The Morgan fingerprint density at radius 3 is 2.72 bits per heavy atom. The predicted molar refractivity (Wildman–Crippen MR) is 143 cm³/mol. The van der Waals surface area contributed by atoms with E-state index < -0.39 is 0 Å². The summed E-state index contributed by atoms with van der Waals surface area (Å²) in [5.74, 6) is 0.705. The van der Waals surface area contributed by atoms with E-state index >= 15 is 0 Å². The average molecular weight is 493 g/mol. The lowest BCUT2D eigenvalue weighted by Crippen LogP contribution is -2.18. The van der Waals surface area contributed by atoms with Crippen molar-refractivity contribution < 1.29 is 0 Å². The second kappa shape index (κ2) is 8.61. The molecule has 1 fully saturated rings. The first-order valence-electron chi connectivity index (χ1n) is 12.1. The average Bonchev–Trinajstić information content (AvgIpc) is 3.70. The first-order chi connectivity index (χ1) is 17.7. The summed E-state index contributed by atoms with van der Waals surface area (Å²) >= 11 is 1.74. The molecule has 9 heteroatoms. The number of rotatable bonds is 5. The molecule has 0 aliphatic carbocycles. The third kappa shape index (κ3) is 3.77. The number of aromatic nitrogens is 7. The number of thiophene rings is 1. The van der Waals surface area contributed by atoms with Gasteiger partial charge in [0, 0.05) is 51.4 Å². The number of imidazole rings is 1. The smallest absolute Gasteiger partial charge is 0.159 e. The third-order valence-corrected chi connectivity index (χ3v) is 7.80. The van der Waals surface area contributed by atoms with E-state index in [2.05, 4.69) is 61.2 Å². The Bertz CT molecular complexity index is 1710. The van der Waals surface area contributed by atoms with Crippen molar-refractivity contribution >= 4 is 33.3 Å². The number of H-pyrrole nitrogens is 2. The zero-order valence-electron chi connectivity index (χ0n) is 19.8. The highest BCUT2D eigenvalue weighted by Crippen LogP contribution is 2.34. The topological polar surface area (TPSA) is 99.3 Å². The van der Waals surface area contributed by atoms with Crippen LogP contribution in [0.2, 0.25) is 0 Å². The molecule has 7 rings (SSSR count). The molecule has 0 atom stereocenters. The quantitative estimate of drug-likeness (QED) is 0.325. The largest absolute Gasteiger partial charge is 0.335 e. The number of aromatic amines is 2. The lowest BCUT2D eigenvalue weighted by molar-refractivity contribution is 0.331. The number of nitrogens with zero attached hydrogens (tertiary/aromatic N) is 6. The summed E-state index contributed by atoms with van der Waals surface area (Å²) in [6.45, 7) is 5.36. The van der Waals surface area contributed by atoms with Crippen LogP contribution in [0.1, 0.15) is 23.3 Å². The molecule has 0 spiro atoms. The van der Waals surface area contributed by atoms with Crippen LogP contribution in [0.5, 0.6) is 0 Å². The molecule has 6 aromatic heterocycles. The van der Waals surface area contributed by atoms with Crippen molar-refractivity contribution in [3.63, 3.8) is 0 Å². The lowest BCUT2D eigenvalue weighted by Gasteiger charge is -2.14. The van der Waals surface area contributed by atoms with Crippen LogP contribution in [-0.4, -0.2) is 53.1 Å². The highest BCUT2D eigenvalue weighted by Gasteiger charge is 2.18. The van der Waals surface area contributed by atoms with Crippen molar-refractivity contribution in [3.8, 4) is 33.2 Å². The predicted octanol–water partition coefficient (Wildman–Crippen LogP) is 5.59. The molecule has 1 aliphatic heterocycles. The van der Waals surface area contributed by atoms with Gasteiger partial charge in [0.2, 0.25) is 0 Å². The van der Waals surface area contributed by atoms with E-state index in [1.54, 1.807) is 11.3 Å². The van der Waals surface area contributed by atoms with Gasteiger partial charge >= 0.3 is 0 Å². The Hall–Kier alpha value is -3.95. The van der Waals surface area contributed by atoms with Crippen LogP contribution in [-0.2, 0) is 6.54 Å². The molecule has 0 aromatic carbocycles. The minimum Gasteiger partial charge on any atom is -0.335 e. The van der Waals surface area contributed by atoms with Crippen LogP contribution in [0.25, 0.3) is 55.2 Å². The molecule has 36 heavy (non-hydrogen) atoms. The minimum absolute atomic E-state index is 0.705. The summed E-state index contributed by atoms with van der Waals surface area (Å²) in [5.41, 5.74) is 7.52. The Labute approximate surface area is 211 Å². The van der Waals surface area contributed by atoms with Crippen molar-refractivity contribution in [1.82, 2.24) is 40.0 Å². The summed E-state index contributed by atoms with van der Waals surface area (Å²) in [4.78, 5) is 26.9. The Balaban J connectivity index is 1.28. The second-order valence-corrected chi connectivity index (χ2v) is 10.6. The Kier molecular flexibility index (Phi) is 5.11. The zero-order valence-corrected chi connectivity index (χ0v) is 20.6. The molecular weight excluding hydrogens is 468 g/mol. The molecule has 0 unspecified atom stereocenters. The molecule has 7 heterocycles. The van der Waals surface area contributed by atoms with Gasteiger partial charge in [0.15, 0.2) is 5.82 Å². The molecule has 0 radical (unpaired) electrons. The summed E-state index contributed by atoms with van der Waals surface area (Å²) in [7, 11) is 0. The van der Waals surface area contributed by atoms with E-state index in [-0.39, 0.29) is 0 Å². The molecular formula is C27H24N8S. The van der Waals surface area contributed by atoms with Crippen LogP contribution in [0, 0.1) is 6.92 Å². The van der Waals surface area contributed by atoms with Gasteiger partial charge in [-0.25, -0.2) is 4.98 Å². The van der Waals surface area contributed by atoms with Gasteiger partial charge in [-0.05, 0) is 62.7 Å². The molecule has 1 saturated heterocycles. The molecule has 0 amide bonds. The maximum Gasteiger partial charge on any atom is 0.159 e. The van der Waals surface area contributed by atoms with E-state index in [1.165, 1.54) is 23.3 Å². The van der Waals surface area contributed by atoms with Gasteiger partial charge in [0.1, 0.15) is 11.2 Å². The van der Waals surface area contributed by atoms with Gasteiger partial charge in [-0.3, -0.25) is 25.0 Å². The number of pyridine rings is 3. The maximum atomic E-state index is 4.96. The van der Waals surface area contributed by atoms with Crippen molar-refractivity contribution in [2.45, 2.75) is 26.3 Å². The maximum absolute atomic E-state index is 4.96. The van der Waals surface area contributed by atoms with Gasteiger partial charge in [-0.2, -0.15) is 5.10 Å². The Morgan fingerprint density at radius 1 is 0.972 bits per heavy atom. The third-order valence-electron chi connectivity index (χ3n) is 6.77. The van der Waals surface area contributed by atoms with E-state index in [4.69, 9.17) is 9.97 Å². The Morgan fingerprint density at radius 2 is 1.86 bits per heavy atom. The number of likely N-dealkylation sites (tertiary alicyclic amines) is 1. The van der Waals surface area contributed by atoms with E-state index in [1.807, 2.05) is 31.0 Å². The second-order valence-electron chi connectivity index (χ2n) is 9.33. The first-order valence-corrected chi connectivity index (χ1v) is 12.9. The van der Waals surface area contributed by atoms with Crippen LogP contribution < -0.4 is 0 Å². The summed E-state index contributed by atoms with van der Waals surface area (Å²) in [6.07, 6.45) is 11.9. The zero-order chi connectivity index (χ0) is 24.1. The van der Waals surface area contributed by atoms with Gasteiger partial charge in [-0.1, -0.05) is 0 Å². The summed E-state index contributed by atoms with van der Waals surface area (Å²) in [5, 5.41) is 8.66. The van der Waals surface area contributed by atoms with E-state index in [0.29, 0.717) is 5.82 Å². The normalized spacial score (nSPS) is 14.4. The first kappa shape index (κ1) is 21.3. The molecule has 0 saturated carbocycles. The number of nitrogens with one attached hydrogen (secondary N) is 2. The monoisotopic (exact) mass is 492 g/mol. The minimum atomic E-state index is 0.705. The molecule has 178 valence electrons. The molecule has 6 aromatic rings. The number of aryl methyl sites for hydroxylation is 1.